The SMILES string of the molecule is CCC(=O)C1=C(Cl)C=C(C)CC1Cl. The predicted molar refractivity (Wildman–Crippen MR) is 56.2 cm³/mol. The number of halogens is 2. The Morgan fingerprint density at radius 3 is 2.77 bits per heavy atom. The number of rotatable bonds is 2. The molecule has 3 heteroatoms. The molecule has 1 nitrogen and oxygen atoms in total. The molecule has 0 saturated carbocycles. The molecule has 1 aliphatic rings. The maximum atomic E-state index is 11.4. The Hall–Kier alpha value is -0.270. The molecule has 72 valence electrons. The molecular formula is C10H12Cl2O. The molecule has 0 fully saturated rings. The minimum atomic E-state index is -0.245. The predicted octanol–water partition coefficient (Wildman–Crippen LogP) is 3.42. The van der Waals surface area contributed by atoms with E-state index >= 15 is 0 Å². The van der Waals surface area contributed by atoms with Gasteiger partial charge in [-0.1, -0.05) is 24.1 Å². The zero-order valence-corrected chi connectivity index (χ0v) is 9.24. The van der Waals surface area contributed by atoms with Crippen LogP contribution in [-0.4, -0.2) is 11.2 Å². The summed E-state index contributed by atoms with van der Waals surface area (Å²) in [6.45, 7) is 3.78. The monoisotopic (exact) mass is 218 g/mol. The van der Waals surface area contributed by atoms with Gasteiger partial charge in [-0.25, -0.2) is 0 Å². The van der Waals surface area contributed by atoms with E-state index in [1.807, 2.05) is 19.9 Å². The van der Waals surface area contributed by atoms with Crippen LogP contribution in [-0.2, 0) is 4.79 Å². The number of hydrogen-bond donors (Lipinski definition) is 0. The molecule has 1 rings (SSSR count). The van der Waals surface area contributed by atoms with Crippen LogP contribution in [0.15, 0.2) is 22.3 Å². The first kappa shape index (κ1) is 10.8. The van der Waals surface area contributed by atoms with Gasteiger partial charge in [0, 0.05) is 17.0 Å². The highest BCUT2D eigenvalue weighted by Crippen LogP contribution is 2.31. The molecule has 0 amide bonds. The molecule has 0 saturated heterocycles. The van der Waals surface area contributed by atoms with E-state index in [9.17, 15) is 4.79 Å². The Kier molecular flexibility index (Phi) is 3.57. The summed E-state index contributed by atoms with van der Waals surface area (Å²) in [4.78, 5) is 11.4. The van der Waals surface area contributed by atoms with E-state index in [-0.39, 0.29) is 11.2 Å². The molecule has 0 aromatic heterocycles. The van der Waals surface area contributed by atoms with Crippen molar-refractivity contribution >= 4 is 29.0 Å². The fourth-order valence-electron chi connectivity index (χ4n) is 1.39. The van der Waals surface area contributed by atoms with Crippen LogP contribution >= 0.6 is 23.2 Å². The molecule has 1 atom stereocenters. The third-order valence-corrected chi connectivity index (χ3v) is 2.75. The molecular weight excluding hydrogens is 207 g/mol. The van der Waals surface area contributed by atoms with Crippen molar-refractivity contribution in [1.29, 1.82) is 0 Å². The van der Waals surface area contributed by atoms with Crippen molar-refractivity contribution in [3.63, 3.8) is 0 Å². The van der Waals surface area contributed by atoms with Crippen molar-refractivity contribution in [2.75, 3.05) is 0 Å². The largest absolute Gasteiger partial charge is 0.294 e. The van der Waals surface area contributed by atoms with Crippen molar-refractivity contribution < 1.29 is 4.79 Å². The van der Waals surface area contributed by atoms with Gasteiger partial charge < -0.3 is 0 Å². The van der Waals surface area contributed by atoms with Gasteiger partial charge in [0.2, 0.25) is 0 Å². The number of alkyl halides is 1. The lowest BCUT2D eigenvalue weighted by Gasteiger charge is -2.18. The van der Waals surface area contributed by atoms with Crippen molar-refractivity contribution in [2.45, 2.75) is 32.1 Å². The number of carbonyl (C=O) groups is 1. The van der Waals surface area contributed by atoms with Crippen LogP contribution in [0.4, 0.5) is 0 Å². The zero-order valence-electron chi connectivity index (χ0n) is 7.73. The minimum absolute atomic E-state index is 0.0498. The summed E-state index contributed by atoms with van der Waals surface area (Å²) in [5.41, 5.74) is 1.70. The molecule has 0 aliphatic heterocycles. The van der Waals surface area contributed by atoms with Crippen molar-refractivity contribution in [3.05, 3.63) is 22.3 Å². The van der Waals surface area contributed by atoms with Crippen LogP contribution in [0.25, 0.3) is 0 Å². The molecule has 13 heavy (non-hydrogen) atoms. The lowest BCUT2D eigenvalue weighted by Crippen LogP contribution is -2.17. The standard InChI is InChI=1S/C10H12Cl2O/c1-3-9(13)10-7(11)4-6(2)5-8(10)12/h4,8H,3,5H2,1-2H3. The van der Waals surface area contributed by atoms with Gasteiger partial charge in [-0.3, -0.25) is 4.79 Å². The van der Waals surface area contributed by atoms with E-state index in [0.29, 0.717) is 17.0 Å². The number of ketones is 1. The molecule has 1 aliphatic carbocycles. The summed E-state index contributed by atoms with van der Waals surface area (Å²) in [5.74, 6) is 0.0498. The fourth-order valence-corrected chi connectivity index (χ4v) is 2.35. The first-order valence-corrected chi connectivity index (χ1v) is 5.11. The lowest BCUT2D eigenvalue weighted by atomic mass is 9.95. The number of hydrogen-bond acceptors (Lipinski definition) is 1. The quantitative estimate of drug-likeness (QED) is 0.650. The Morgan fingerprint density at radius 1 is 1.69 bits per heavy atom. The molecule has 0 bridgehead atoms. The van der Waals surface area contributed by atoms with Gasteiger partial charge in [0.05, 0.1) is 5.38 Å². The maximum absolute atomic E-state index is 11.4. The summed E-state index contributed by atoms with van der Waals surface area (Å²) >= 11 is 12.0. The normalized spacial score (nSPS) is 23.1. The van der Waals surface area contributed by atoms with Crippen LogP contribution in [0.2, 0.25) is 0 Å². The van der Waals surface area contributed by atoms with Crippen LogP contribution in [0.3, 0.4) is 0 Å². The summed E-state index contributed by atoms with van der Waals surface area (Å²) in [7, 11) is 0. The Morgan fingerprint density at radius 2 is 2.31 bits per heavy atom. The van der Waals surface area contributed by atoms with Crippen LogP contribution < -0.4 is 0 Å². The summed E-state index contributed by atoms with van der Waals surface area (Å²) in [5, 5.41) is 0.264. The van der Waals surface area contributed by atoms with Gasteiger partial charge in [-0.15, -0.1) is 11.6 Å². The molecule has 0 N–H and O–H groups in total. The minimum Gasteiger partial charge on any atom is -0.294 e. The highest BCUT2D eigenvalue weighted by atomic mass is 35.5. The number of carbonyl (C=O) groups excluding carboxylic acids is 1. The second-order valence-corrected chi connectivity index (χ2v) is 4.13. The third kappa shape index (κ3) is 2.35. The maximum Gasteiger partial charge on any atom is 0.161 e. The third-order valence-electron chi connectivity index (χ3n) is 2.07. The second-order valence-electron chi connectivity index (χ2n) is 3.20. The Balaban J connectivity index is 3.03. The van der Waals surface area contributed by atoms with E-state index in [4.69, 9.17) is 23.2 Å². The Bertz CT molecular complexity index is 289. The van der Waals surface area contributed by atoms with E-state index in [1.54, 1.807) is 0 Å². The van der Waals surface area contributed by atoms with E-state index < -0.39 is 0 Å². The van der Waals surface area contributed by atoms with Gasteiger partial charge in [0.15, 0.2) is 5.78 Å². The fraction of sp³-hybridized carbons (Fsp3) is 0.500. The van der Waals surface area contributed by atoms with Gasteiger partial charge >= 0.3 is 0 Å². The number of Topliss-reactive ketones (excluding diaryl/α,β-unsaturated/α-hetero) is 1. The van der Waals surface area contributed by atoms with Gasteiger partial charge in [0.25, 0.3) is 0 Å². The van der Waals surface area contributed by atoms with E-state index in [0.717, 1.165) is 12.0 Å². The molecule has 1 unspecified atom stereocenters. The summed E-state index contributed by atoms with van der Waals surface area (Å²) in [6.07, 6.45) is 3.00. The average molecular weight is 219 g/mol. The lowest BCUT2D eigenvalue weighted by molar-refractivity contribution is -0.115. The number of allylic oxidation sites excluding steroid dienone is 4. The van der Waals surface area contributed by atoms with Gasteiger partial charge in [-0.05, 0) is 19.4 Å². The highest BCUT2D eigenvalue weighted by molar-refractivity contribution is 6.36. The van der Waals surface area contributed by atoms with Crippen molar-refractivity contribution in [3.8, 4) is 0 Å². The van der Waals surface area contributed by atoms with Crippen molar-refractivity contribution in [2.24, 2.45) is 0 Å². The first-order valence-electron chi connectivity index (χ1n) is 4.30. The van der Waals surface area contributed by atoms with Crippen molar-refractivity contribution in [1.82, 2.24) is 0 Å². The van der Waals surface area contributed by atoms with Crippen LogP contribution in [0, 0.1) is 0 Å². The average Bonchev–Trinajstić information content (AvgIpc) is 2.02. The first-order chi connectivity index (χ1) is 6.06. The van der Waals surface area contributed by atoms with Crippen LogP contribution in [0.1, 0.15) is 26.7 Å². The summed E-state index contributed by atoms with van der Waals surface area (Å²) < 4.78 is 0. The van der Waals surface area contributed by atoms with Crippen LogP contribution in [0.5, 0.6) is 0 Å². The van der Waals surface area contributed by atoms with E-state index in [2.05, 4.69) is 0 Å². The molecule has 0 aromatic rings. The topological polar surface area (TPSA) is 17.1 Å². The smallest absolute Gasteiger partial charge is 0.161 e. The molecule has 0 spiro atoms. The highest BCUT2D eigenvalue weighted by Gasteiger charge is 2.24. The molecule has 0 radical (unpaired) electrons. The van der Waals surface area contributed by atoms with E-state index in [1.165, 1.54) is 0 Å². The van der Waals surface area contributed by atoms with Gasteiger partial charge in [-0.2, -0.15) is 0 Å². The second kappa shape index (κ2) is 4.30. The summed E-state index contributed by atoms with van der Waals surface area (Å²) in [6, 6.07) is 0. The Labute approximate surface area is 88.4 Å². The molecule has 0 aromatic carbocycles. The molecule has 0 heterocycles. The zero-order chi connectivity index (χ0) is 10.0. The van der Waals surface area contributed by atoms with Gasteiger partial charge in [0.1, 0.15) is 0 Å².